The lowest BCUT2D eigenvalue weighted by atomic mass is 10.1. The molecule has 0 bridgehead atoms. The van der Waals surface area contributed by atoms with Gasteiger partial charge in [0.05, 0.1) is 4.90 Å². The standard InChI is InChI=1S/C7H15NO3.C6H6BrNO2S/c1-7(2,3)8-4-5-11-6(9)10;7-5-3-1-2-4-6(5)11(8,9)10/h8H,4-5H2,1-3H3,(H,9,10);1-4H,(H2,8,9,10). The molecule has 0 unspecified atom stereocenters. The predicted molar refractivity (Wildman–Crippen MR) is 87.2 cm³/mol. The summed E-state index contributed by atoms with van der Waals surface area (Å²) in [4.78, 5) is 9.98. The van der Waals surface area contributed by atoms with Gasteiger partial charge in [0.2, 0.25) is 10.0 Å². The molecule has 1 aromatic carbocycles. The van der Waals surface area contributed by atoms with Crippen LogP contribution in [-0.4, -0.2) is 38.4 Å². The van der Waals surface area contributed by atoms with E-state index in [4.69, 9.17) is 10.2 Å². The molecule has 0 saturated carbocycles. The molecule has 0 radical (unpaired) electrons. The van der Waals surface area contributed by atoms with E-state index in [1.165, 1.54) is 6.07 Å². The number of hydrogen-bond donors (Lipinski definition) is 3. The van der Waals surface area contributed by atoms with Crippen LogP contribution in [0.5, 0.6) is 0 Å². The van der Waals surface area contributed by atoms with Crippen molar-refractivity contribution in [2.75, 3.05) is 13.2 Å². The molecular weight excluding hydrogens is 376 g/mol. The molecule has 0 aliphatic rings. The third-order valence-corrected chi connectivity index (χ3v) is 4.05. The van der Waals surface area contributed by atoms with Crippen LogP contribution < -0.4 is 10.5 Å². The number of nitrogens with two attached hydrogens (primary N) is 1. The number of halogens is 1. The maximum Gasteiger partial charge on any atom is 0.505 e. The molecule has 0 spiro atoms. The first-order valence-corrected chi connectivity index (χ1v) is 8.65. The monoisotopic (exact) mass is 396 g/mol. The molecule has 7 nitrogen and oxygen atoms in total. The quantitative estimate of drug-likeness (QED) is 0.529. The predicted octanol–water partition coefficient (Wildman–Crippen LogP) is 2.17. The Hall–Kier alpha value is -1.16. The van der Waals surface area contributed by atoms with E-state index in [-0.39, 0.29) is 17.0 Å². The molecule has 0 amide bonds. The fourth-order valence-corrected chi connectivity index (χ4v) is 2.81. The van der Waals surface area contributed by atoms with E-state index in [2.05, 4.69) is 26.0 Å². The van der Waals surface area contributed by atoms with E-state index in [1.807, 2.05) is 20.8 Å². The number of carbonyl (C=O) groups is 1. The van der Waals surface area contributed by atoms with Crippen LogP contribution in [0.4, 0.5) is 4.79 Å². The van der Waals surface area contributed by atoms with Crippen LogP contribution >= 0.6 is 15.9 Å². The minimum absolute atomic E-state index is 0.0157. The van der Waals surface area contributed by atoms with Gasteiger partial charge in [-0.05, 0) is 48.8 Å². The van der Waals surface area contributed by atoms with Gasteiger partial charge in [-0.3, -0.25) is 0 Å². The Morgan fingerprint density at radius 1 is 1.36 bits per heavy atom. The highest BCUT2D eigenvalue weighted by molar-refractivity contribution is 9.10. The summed E-state index contributed by atoms with van der Waals surface area (Å²) in [6.45, 7) is 6.78. The highest BCUT2D eigenvalue weighted by Crippen LogP contribution is 2.19. The third kappa shape index (κ3) is 10.6. The van der Waals surface area contributed by atoms with E-state index in [0.717, 1.165) is 0 Å². The second-order valence-corrected chi connectivity index (χ2v) is 7.65. The van der Waals surface area contributed by atoms with Gasteiger partial charge < -0.3 is 15.2 Å². The van der Waals surface area contributed by atoms with Crippen LogP contribution in [0, 0.1) is 0 Å². The number of rotatable bonds is 4. The van der Waals surface area contributed by atoms with Gasteiger partial charge in [-0.2, -0.15) is 0 Å². The number of sulfonamides is 1. The fraction of sp³-hybridized carbons (Fsp3) is 0.462. The van der Waals surface area contributed by atoms with Gasteiger partial charge in [0.25, 0.3) is 0 Å². The maximum absolute atomic E-state index is 10.8. The van der Waals surface area contributed by atoms with Crippen LogP contribution in [0.2, 0.25) is 0 Å². The second-order valence-electron chi connectivity index (χ2n) is 5.27. The van der Waals surface area contributed by atoms with Crippen molar-refractivity contribution in [1.82, 2.24) is 5.32 Å². The van der Waals surface area contributed by atoms with Crippen molar-refractivity contribution in [2.45, 2.75) is 31.2 Å². The van der Waals surface area contributed by atoms with E-state index in [1.54, 1.807) is 18.2 Å². The highest BCUT2D eigenvalue weighted by atomic mass is 79.9. The van der Waals surface area contributed by atoms with Crippen molar-refractivity contribution < 1.29 is 23.1 Å². The molecule has 0 atom stereocenters. The van der Waals surface area contributed by atoms with E-state index in [9.17, 15) is 13.2 Å². The molecule has 0 aromatic heterocycles. The molecular formula is C13H21BrN2O5S. The lowest BCUT2D eigenvalue weighted by Crippen LogP contribution is -2.38. The first kappa shape index (κ1) is 20.8. The van der Waals surface area contributed by atoms with Crippen molar-refractivity contribution in [3.63, 3.8) is 0 Å². The van der Waals surface area contributed by atoms with E-state index in [0.29, 0.717) is 11.0 Å². The summed E-state index contributed by atoms with van der Waals surface area (Å²) in [7, 11) is -3.58. The highest BCUT2D eigenvalue weighted by Gasteiger charge is 2.10. The molecule has 22 heavy (non-hydrogen) atoms. The van der Waals surface area contributed by atoms with Crippen molar-refractivity contribution in [1.29, 1.82) is 0 Å². The molecule has 0 aliphatic heterocycles. The molecule has 126 valence electrons. The van der Waals surface area contributed by atoms with Gasteiger partial charge in [-0.1, -0.05) is 12.1 Å². The summed E-state index contributed by atoms with van der Waals surface area (Å²) in [6.07, 6.45) is -1.22. The van der Waals surface area contributed by atoms with Gasteiger partial charge in [0.15, 0.2) is 0 Å². The summed E-state index contributed by atoms with van der Waals surface area (Å²) >= 11 is 3.07. The second kappa shape index (κ2) is 9.09. The van der Waals surface area contributed by atoms with Crippen LogP contribution in [0.25, 0.3) is 0 Å². The van der Waals surface area contributed by atoms with Crippen LogP contribution in [0.15, 0.2) is 33.6 Å². The smallest absolute Gasteiger partial charge is 0.450 e. The Kier molecular flexibility index (Phi) is 8.61. The Bertz CT molecular complexity index is 584. The molecule has 9 heteroatoms. The average Bonchev–Trinajstić information content (AvgIpc) is 2.33. The topological polar surface area (TPSA) is 119 Å². The summed E-state index contributed by atoms with van der Waals surface area (Å²) in [5.74, 6) is 0. The summed E-state index contributed by atoms with van der Waals surface area (Å²) < 4.78 is 26.4. The van der Waals surface area contributed by atoms with Gasteiger partial charge >= 0.3 is 6.16 Å². The zero-order valence-corrected chi connectivity index (χ0v) is 15.1. The van der Waals surface area contributed by atoms with Gasteiger partial charge in [0.1, 0.15) is 6.61 Å². The van der Waals surface area contributed by atoms with Crippen LogP contribution in [-0.2, 0) is 14.8 Å². The Labute approximate surface area is 139 Å². The number of hydrogen-bond acceptors (Lipinski definition) is 5. The minimum atomic E-state index is -3.58. The largest absolute Gasteiger partial charge is 0.505 e. The average molecular weight is 397 g/mol. The summed E-state index contributed by atoms with van der Waals surface area (Å²) in [6, 6.07) is 6.41. The van der Waals surface area contributed by atoms with Crippen LogP contribution in [0.1, 0.15) is 20.8 Å². The molecule has 0 saturated heterocycles. The van der Waals surface area contributed by atoms with Crippen molar-refractivity contribution >= 4 is 32.1 Å². The number of benzene rings is 1. The van der Waals surface area contributed by atoms with E-state index >= 15 is 0 Å². The summed E-state index contributed by atoms with van der Waals surface area (Å²) in [5.41, 5.74) is 0.0157. The van der Waals surface area contributed by atoms with Crippen molar-refractivity contribution in [2.24, 2.45) is 5.14 Å². The molecule has 1 aromatic rings. The molecule has 0 heterocycles. The van der Waals surface area contributed by atoms with Gasteiger partial charge in [-0.25, -0.2) is 18.4 Å². The lowest BCUT2D eigenvalue weighted by Gasteiger charge is -2.19. The van der Waals surface area contributed by atoms with E-state index < -0.39 is 16.2 Å². The number of ether oxygens (including phenoxy) is 1. The zero-order valence-electron chi connectivity index (χ0n) is 12.7. The molecule has 0 aliphatic carbocycles. The van der Waals surface area contributed by atoms with Crippen LogP contribution in [0.3, 0.4) is 0 Å². The normalized spacial score (nSPS) is 11.3. The summed E-state index contributed by atoms with van der Waals surface area (Å²) in [5, 5.41) is 16.1. The van der Waals surface area contributed by atoms with Crippen molar-refractivity contribution in [3.05, 3.63) is 28.7 Å². The first-order valence-electron chi connectivity index (χ1n) is 6.31. The van der Waals surface area contributed by atoms with Crippen molar-refractivity contribution in [3.8, 4) is 0 Å². The fourth-order valence-electron chi connectivity index (χ4n) is 1.24. The number of primary sulfonamides is 1. The minimum Gasteiger partial charge on any atom is -0.450 e. The van der Waals surface area contributed by atoms with Gasteiger partial charge in [-0.15, -0.1) is 0 Å². The van der Waals surface area contributed by atoms with Gasteiger partial charge in [0, 0.05) is 16.6 Å². The molecule has 4 N–H and O–H groups in total. The molecule has 1 rings (SSSR count). The third-order valence-electron chi connectivity index (χ3n) is 2.13. The molecule has 0 fully saturated rings. The zero-order chi connectivity index (χ0) is 17.4. The Balaban J connectivity index is 0.000000401. The lowest BCUT2D eigenvalue weighted by molar-refractivity contribution is 0.0906. The first-order chi connectivity index (χ1) is 9.93. The number of nitrogens with one attached hydrogen (secondary N) is 1. The SMILES string of the molecule is CC(C)(C)NCCOC(=O)O.NS(=O)(=O)c1ccccc1Br. The number of carboxylic acid groups (broad SMARTS) is 1. The maximum atomic E-state index is 10.8. The Morgan fingerprint density at radius 3 is 2.27 bits per heavy atom. The Morgan fingerprint density at radius 2 is 1.91 bits per heavy atom.